The van der Waals surface area contributed by atoms with Crippen LogP contribution in [0.4, 0.5) is 11.4 Å². The number of cyclic esters (lactones) is 1. The van der Waals surface area contributed by atoms with Crippen LogP contribution in [-0.2, 0) is 23.9 Å². The van der Waals surface area contributed by atoms with Crippen LogP contribution in [0.15, 0.2) is 78.9 Å². The van der Waals surface area contributed by atoms with Crippen molar-refractivity contribution in [3.05, 3.63) is 84.5 Å². The van der Waals surface area contributed by atoms with Crippen LogP contribution in [0.5, 0.6) is 0 Å². The molecule has 1 unspecified atom stereocenters. The number of fused-ring (bicyclic) bond motifs is 2. The first-order valence-corrected chi connectivity index (χ1v) is 15.7. The van der Waals surface area contributed by atoms with Crippen LogP contribution in [0.3, 0.4) is 0 Å². The number of aliphatic hydroxyl groups is 1. The Morgan fingerprint density at radius 3 is 2.32 bits per heavy atom. The molecule has 2 fully saturated rings. The van der Waals surface area contributed by atoms with Crippen molar-refractivity contribution in [2.24, 2.45) is 11.8 Å². The van der Waals surface area contributed by atoms with E-state index in [1.54, 1.807) is 4.90 Å². The molecule has 4 aliphatic rings. The Bertz CT molecular complexity index is 1450. The highest BCUT2D eigenvalue weighted by molar-refractivity contribution is 6.06. The number of hydrogen-bond donors (Lipinski definition) is 1. The van der Waals surface area contributed by atoms with Crippen LogP contribution in [0.25, 0.3) is 0 Å². The van der Waals surface area contributed by atoms with E-state index < -0.39 is 53.6 Å². The lowest BCUT2D eigenvalue weighted by Crippen LogP contribution is -2.57. The average molecular weight is 600 g/mol. The van der Waals surface area contributed by atoms with Crippen LogP contribution in [-0.4, -0.2) is 77.9 Å². The second-order valence-electron chi connectivity index (χ2n) is 11.9. The monoisotopic (exact) mass is 599 g/mol. The lowest BCUT2D eigenvalue weighted by Gasteiger charge is -2.41. The first kappa shape index (κ1) is 30.1. The molecule has 2 aromatic carbocycles. The Kier molecular flexibility index (Phi) is 8.11. The highest BCUT2D eigenvalue weighted by atomic mass is 16.6. The summed E-state index contributed by atoms with van der Waals surface area (Å²) >= 11 is 0. The summed E-state index contributed by atoms with van der Waals surface area (Å²) in [6.07, 6.45) is 8.48. The van der Waals surface area contributed by atoms with Gasteiger partial charge in [-0.15, -0.1) is 0 Å². The molecule has 9 nitrogen and oxygen atoms in total. The first-order chi connectivity index (χ1) is 21.4. The van der Waals surface area contributed by atoms with Gasteiger partial charge in [0.15, 0.2) is 0 Å². The number of ether oxygens (including phenoxy) is 2. The van der Waals surface area contributed by atoms with Gasteiger partial charge in [0.25, 0.3) is 5.91 Å². The van der Waals surface area contributed by atoms with Crippen molar-refractivity contribution in [3.63, 3.8) is 0 Å². The number of carbonyl (C=O) groups is 3. The number of amides is 2. The predicted molar refractivity (Wildman–Crippen MR) is 167 cm³/mol. The molecule has 2 aromatic rings. The standard InChI is InChI=1S/C35H41N3O6/c1-4-34-19-10-11-22-43-33(42)29(34)28-31(40)38(27(23-39)24-13-8-7-9-14-24)30-32(41)37(21-12-20-35(28,30)44-34)26-17-15-25(16-18-26)36(5-2)6-3/h7-10,12-20,27-30,39H,4-6,11,21-23H2,1-3H3/t27-,28+,29-,30?,34+,35+/m1/s1. The van der Waals surface area contributed by atoms with Gasteiger partial charge in [-0.05, 0) is 56.5 Å². The number of hydrogen-bond acceptors (Lipinski definition) is 7. The molecule has 232 valence electrons. The van der Waals surface area contributed by atoms with Gasteiger partial charge in [0, 0.05) is 31.0 Å². The number of carbonyl (C=O) groups excluding carboxylic acids is 3. The van der Waals surface area contributed by atoms with Crippen molar-refractivity contribution >= 4 is 29.2 Å². The zero-order chi connectivity index (χ0) is 31.1. The third-order valence-corrected chi connectivity index (χ3v) is 9.82. The molecule has 9 heteroatoms. The summed E-state index contributed by atoms with van der Waals surface area (Å²) in [7, 11) is 0. The van der Waals surface area contributed by atoms with Gasteiger partial charge in [-0.1, -0.05) is 61.6 Å². The smallest absolute Gasteiger partial charge is 0.313 e. The van der Waals surface area contributed by atoms with E-state index in [9.17, 15) is 19.5 Å². The second-order valence-corrected chi connectivity index (χ2v) is 11.9. The number of esters is 1. The molecule has 44 heavy (non-hydrogen) atoms. The fraction of sp³-hybridized carbons (Fsp3) is 0.457. The lowest BCUT2D eigenvalue weighted by atomic mass is 9.73. The van der Waals surface area contributed by atoms with Crippen molar-refractivity contribution in [1.29, 1.82) is 0 Å². The van der Waals surface area contributed by atoms with Gasteiger partial charge >= 0.3 is 5.97 Å². The Labute approximate surface area is 258 Å². The fourth-order valence-corrected chi connectivity index (χ4v) is 7.70. The van der Waals surface area contributed by atoms with Crippen molar-refractivity contribution in [1.82, 2.24) is 4.90 Å². The fourth-order valence-electron chi connectivity index (χ4n) is 7.70. The zero-order valence-electron chi connectivity index (χ0n) is 25.6. The predicted octanol–water partition coefficient (Wildman–Crippen LogP) is 4.03. The summed E-state index contributed by atoms with van der Waals surface area (Å²) in [5.41, 5.74) is -0.121. The summed E-state index contributed by atoms with van der Waals surface area (Å²) in [5, 5.41) is 10.8. The SMILES string of the molecule is CCN(CC)c1ccc(N2CC=C[C@]34O[C@@]5(CC)C=CCCOC(=O)[C@H]5[C@H]3C(=O)N([C@H](CO)c3ccccc3)C4C2=O)cc1. The Hall–Kier alpha value is -3.95. The molecular weight excluding hydrogens is 558 g/mol. The maximum atomic E-state index is 14.9. The van der Waals surface area contributed by atoms with E-state index in [0.717, 1.165) is 18.8 Å². The van der Waals surface area contributed by atoms with E-state index in [-0.39, 0.29) is 19.1 Å². The summed E-state index contributed by atoms with van der Waals surface area (Å²) in [6, 6.07) is 15.1. The number of benzene rings is 2. The van der Waals surface area contributed by atoms with E-state index in [4.69, 9.17) is 9.47 Å². The van der Waals surface area contributed by atoms with E-state index in [0.29, 0.717) is 24.1 Å². The maximum Gasteiger partial charge on any atom is 0.313 e. The molecule has 2 amide bonds. The largest absolute Gasteiger partial charge is 0.465 e. The van der Waals surface area contributed by atoms with Crippen LogP contribution in [0.2, 0.25) is 0 Å². The molecule has 2 saturated heterocycles. The van der Waals surface area contributed by atoms with Gasteiger partial charge in [-0.3, -0.25) is 14.4 Å². The quantitative estimate of drug-likeness (QED) is 0.361. The lowest BCUT2D eigenvalue weighted by molar-refractivity contribution is -0.161. The van der Waals surface area contributed by atoms with Crippen molar-refractivity contribution < 1.29 is 29.0 Å². The van der Waals surface area contributed by atoms with Crippen LogP contribution in [0.1, 0.15) is 45.2 Å². The average Bonchev–Trinajstić information content (AvgIpc) is 3.39. The molecule has 4 aliphatic heterocycles. The van der Waals surface area contributed by atoms with Gasteiger partial charge in [0.1, 0.15) is 23.2 Å². The van der Waals surface area contributed by atoms with Crippen molar-refractivity contribution in [3.8, 4) is 0 Å². The molecule has 0 saturated carbocycles. The molecule has 4 heterocycles. The molecule has 6 rings (SSSR count). The molecule has 0 radical (unpaired) electrons. The Morgan fingerprint density at radius 1 is 0.932 bits per heavy atom. The topological polar surface area (TPSA) is 99.6 Å². The minimum Gasteiger partial charge on any atom is -0.465 e. The number of nitrogens with zero attached hydrogens (tertiary/aromatic N) is 3. The van der Waals surface area contributed by atoms with Gasteiger partial charge in [0.2, 0.25) is 5.91 Å². The number of rotatable bonds is 8. The van der Waals surface area contributed by atoms with E-state index >= 15 is 0 Å². The third-order valence-electron chi connectivity index (χ3n) is 9.82. The Morgan fingerprint density at radius 2 is 1.66 bits per heavy atom. The third kappa shape index (κ3) is 4.56. The van der Waals surface area contributed by atoms with Crippen molar-refractivity contribution in [2.45, 2.75) is 56.9 Å². The summed E-state index contributed by atoms with van der Waals surface area (Å²) in [4.78, 5) is 48.7. The molecular formula is C35H41N3O6. The normalized spacial score (nSPS) is 30.2. The van der Waals surface area contributed by atoms with Gasteiger partial charge < -0.3 is 29.3 Å². The van der Waals surface area contributed by atoms with Gasteiger partial charge in [-0.25, -0.2) is 0 Å². The molecule has 0 bridgehead atoms. The number of anilines is 2. The number of likely N-dealkylation sites (tertiary alicyclic amines) is 1. The van der Waals surface area contributed by atoms with E-state index in [1.807, 2.05) is 85.8 Å². The molecule has 6 atom stereocenters. The van der Waals surface area contributed by atoms with Crippen LogP contribution < -0.4 is 9.80 Å². The molecule has 1 N–H and O–H groups in total. The molecule has 0 aromatic heterocycles. The van der Waals surface area contributed by atoms with E-state index in [2.05, 4.69) is 18.7 Å². The van der Waals surface area contributed by atoms with Gasteiger partial charge in [-0.2, -0.15) is 0 Å². The molecule has 1 spiro atoms. The van der Waals surface area contributed by atoms with Crippen LogP contribution in [0, 0.1) is 11.8 Å². The Balaban J connectivity index is 1.50. The number of aliphatic hydroxyl groups excluding tert-OH is 1. The minimum absolute atomic E-state index is 0.210. The minimum atomic E-state index is -1.44. The van der Waals surface area contributed by atoms with Crippen LogP contribution >= 0.6 is 0 Å². The highest BCUT2D eigenvalue weighted by Crippen LogP contribution is 2.59. The maximum absolute atomic E-state index is 14.9. The first-order valence-electron chi connectivity index (χ1n) is 15.7. The summed E-state index contributed by atoms with van der Waals surface area (Å²) < 4.78 is 12.6. The second kappa shape index (κ2) is 11.9. The van der Waals surface area contributed by atoms with Crippen molar-refractivity contribution in [2.75, 3.05) is 42.6 Å². The zero-order valence-corrected chi connectivity index (χ0v) is 25.6. The highest BCUT2D eigenvalue weighted by Gasteiger charge is 2.76. The summed E-state index contributed by atoms with van der Waals surface area (Å²) in [6.45, 7) is 7.92. The van der Waals surface area contributed by atoms with E-state index in [1.165, 1.54) is 4.90 Å². The molecule has 0 aliphatic carbocycles. The van der Waals surface area contributed by atoms with Gasteiger partial charge in [0.05, 0.1) is 25.2 Å². The summed E-state index contributed by atoms with van der Waals surface area (Å²) in [5.74, 6) is -3.18.